The zero-order chi connectivity index (χ0) is 19.3. The van der Waals surface area contributed by atoms with Crippen molar-refractivity contribution in [1.29, 1.82) is 0 Å². The lowest BCUT2D eigenvalue weighted by atomic mass is 10.2. The highest BCUT2D eigenvalue weighted by atomic mass is 32.1. The molecular formula is C21H27N3O3S. The lowest BCUT2D eigenvalue weighted by Crippen LogP contribution is -2.39. The molecule has 2 aliphatic rings. The molecule has 0 spiro atoms. The molecule has 7 heteroatoms. The smallest absolute Gasteiger partial charge is 0.231 e. The first-order valence-electron chi connectivity index (χ1n) is 9.96. The molecule has 4 rings (SSSR count). The van der Waals surface area contributed by atoms with E-state index in [0.29, 0.717) is 0 Å². The molecule has 0 unspecified atom stereocenters. The third kappa shape index (κ3) is 4.71. The van der Waals surface area contributed by atoms with Crippen LogP contribution in [0, 0.1) is 5.92 Å². The number of thiazole rings is 1. The Morgan fingerprint density at radius 2 is 2.04 bits per heavy atom. The Labute approximate surface area is 170 Å². The molecule has 0 N–H and O–H groups in total. The van der Waals surface area contributed by atoms with Gasteiger partial charge in [0.1, 0.15) is 5.75 Å². The molecule has 1 saturated heterocycles. The number of carbonyl (C=O) groups excluding carboxylic acids is 1. The molecule has 150 valence electrons. The van der Waals surface area contributed by atoms with Crippen molar-refractivity contribution in [3.8, 4) is 17.0 Å². The van der Waals surface area contributed by atoms with Gasteiger partial charge in [-0.05, 0) is 43.5 Å². The van der Waals surface area contributed by atoms with Gasteiger partial charge in [-0.2, -0.15) is 0 Å². The summed E-state index contributed by atoms with van der Waals surface area (Å²) in [6, 6.07) is 7.87. The van der Waals surface area contributed by atoms with E-state index in [1.807, 2.05) is 34.5 Å². The first kappa shape index (κ1) is 19.4. The van der Waals surface area contributed by atoms with Gasteiger partial charge in [-0.15, -0.1) is 11.3 Å². The Morgan fingerprint density at radius 1 is 1.29 bits per heavy atom. The monoisotopic (exact) mass is 401 g/mol. The van der Waals surface area contributed by atoms with Gasteiger partial charge in [0.05, 0.1) is 26.0 Å². The van der Waals surface area contributed by atoms with Crippen LogP contribution in [0.2, 0.25) is 0 Å². The average molecular weight is 402 g/mol. The standard InChI is InChI=1S/C21H27N3O3S/c1-26-18-7-5-16(6-8-18)19-15-28-21(22-19)24(20(25)17-3-4-17)10-2-9-23-11-13-27-14-12-23/h5-8,15,17H,2-4,9-14H2,1H3. The first-order chi connectivity index (χ1) is 13.7. The van der Waals surface area contributed by atoms with E-state index in [9.17, 15) is 4.79 Å². The number of methoxy groups -OCH3 is 1. The summed E-state index contributed by atoms with van der Waals surface area (Å²) in [5.41, 5.74) is 1.94. The van der Waals surface area contributed by atoms with Gasteiger partial charge in [0, 0.05) is 43.0 Å². The Balaban J connectivity index is 1.43. The fraction of sp³-hybridized carbons (Fsp3) is 0.524. The van der Waals surface area contributed by atoms with Gasteiger partial charge in [0.2, 0.25) is 5.91 Å². The lowest BCUT2D eigenvalue weighted by molar-refractivity contribution is -0.119. The third-order valence-corrected chi connectivity index (χ3v) is 6.12. The number of hydrogen-bond donors (Lipinski definition) is 0. The summed E-state index contributed by atoms with van der Waals surface area (Å²) in [6.45, 7) is 5.30. The summed E-state index contributed by atoms with van der Waals surface area (Å²) in [5, 5.41) is 2.84. The Kier molecular flexibility index (Phi) is 6.24. The quantitative estimate of drug-likeness (QED) is 0.679. The van der Waals surface area contributed by atoms with Gasteiger partial charge in [-0.3, -0.25) is 14.6 Å². The van der Waals surface area contributed by atoms with Crippen LogP contribution in [0.1, 0.15) is 19.3 Å². The number of anilines is 1. The molecule has 0 radical (unpaired) electrons. The van der Waals surface area contributed by atoms with Crippen molar-refractivity contribution in [2.45, 2.75) is 19.3 Å². The lowest BCUT2D eigenvalue weighted by Gasteiger charge is -2.27. The minimum atomic E-state index is 0.191. The van der Waals surface area contributed by atoms with Crippen molar-refractivity contribution < 1.29 is 14.3 Å². The van der Waals surface area contributed by atoms with Crippen molar-refractivity contribution in [1.82, 2.24) is 9.88 Å². The molecule has 2 aromatic rings. The third-order valence-electron chi connectivity index (χ3n) is 5.26. The normalized spacial score (nSPS) is 17.5. The predicted molar refractivity (Wildman–Crippen MR) is 111 cm³/mol. The summed E-state index contributed by atoms with van der Waals surface area (Å²) in [6.07, 6.45) is 2.97. The second-order valence-electron chi connectivity index (χ2n) is 7.32. The highest BCUT2D eigenvalue weighted by molar-refractivity contribution is 7.14. The number of carbonyl (C=O) groups is 1. The number of rotatable bonds is 8. The minimum Gasteiger partial charge on any atom is -0.497 e. The maximum atomic E-state index is 12.9. The average Bonchev–Trinajstić information content (AvgIpc) is 3.49. The Hall–Kier alpha value is -1.96. The summed E-state index contributed by atoms with van der Waals surface area (Å²) >= 11 is 1.55. The molecule has 28 heavy (non-hydrogen) atoms. The largest absolute Gasteiger partial charge is 0.497 e. The molecule has 6 nitrogen and oxygen atoms in total. The summed E-state index contributed by atoms with van der Waals surface area (Å²) in [5.74, 6) is 1.25. The van der Waals surface area contributed by atoms with Gasteiger partial charge in [0.15, 0.2) is 5.13 Å². The minimum absolute atomic E-state index is 0.191. The Bertz CT molecular complexity index is 782. The zero-order valence-electron chi connectivity index (χ0n) is 16.3. The van der Waals surface area contributed by atoms with Crippen LogP contribution in [-0.4, -0.2) is 62.3 Å². The van der Waals surface area contributed by atoms with Crippen molar-refractivity contribution >= 4 is 22.4 Å². The van der Waals surface area contributed by atoms with E-state index < -0.39 is 0 Å². The molecule has 2 fully saturated rings. The van der Waals surface area contributed by atoms with Crippen LogP contribution in [-0.2, 0) is 9.53 Å². The molecule has 1 saturated carbocycles. The van der Waals surface area contributed by atoms with E-state index in [2.05, 4.69) is 4.90 Å². The molecule has 1 aliphatic heterocycles. The maximum absolute atomic E-state index is 12.9. The van der Waals surface area contributed by atoms with Crippen molar-refractivity contribution in [3.05, 3.63) is 29.6 Å². The molecule has 0 atom stereocenters. The molecule has 1 aliphatic carbocycles. The second-order valence-corrected chi connectivity index (χ2v) is 8.15. The van der Waals surface area contributed by atoms with Crippen LogP contribution in [0.25, 0.3) is 11.3 Å². The number of morpholine rings is 1. The van der Waals surface area contributed by atoms with Gasteiger partial charge >= 0.3 is 0 Å². The number of amides is 1. The highest BCUT2D eigenvalue weighted by Gasteiger charge is 2.35. The second kappa shape index (κ2) is 9.03. The van der Waals surface area contributed by atoms with Crippen LogP contribution in [0.15, 0.2) is 29.6 Å². The van der Waals surface area contributed by atoms with E-state index >= 15 is 0 Å². The molecule has 0 bridgehead atoms. The summed E-state index contributed by atoms with van der Waals surface area (Å²) < 4.78 is 10.6. The summed E-state index contributed by atoms with van der Waals surface area (Å²) in [4.78, 5) is 22.0. The van der Waals surface area contributed by atoms with Gasteiger partial charge < -0.3 is 9.47 Å². The van der Waals surface area contributed by atoms with Crippen LogP contribution in [0.3, 0.4) is 0 Å². The topological polar surface area (TPSA) is 54.9 Å². The number of hydrogen-bond acceptors (Lipinski definition) is 6. The van der Waals surface area contributed by atoms with Crippen molar-refractivity contribution in [2.75, 3.05) is 51.4 Å². The molecule has 1 aromatic carbocycles. The van der Waals surface area contributed by atoms with Gasteiger partial charge in [-0.25, -0.2) is 4.98 Å². The van der Waals surface area contributed by atoms with Gasteiger partial charge in [0.25, 0.3) is 0 Å². The molecule has 1 aromatic heterocycles. The molecule has 2 heterocycles. The molecular weight excluding hydrogens is 374 g/mol. The Morgan fingerprint density at radius 3 is 2.71 bits per heavy atom. The fourth-order valence-electron chi connectivity index (χ4n) is 3.41. The fourth-order valence-corrected chi connectivity index (χ4v) is 4.28. The number of benzene rings is 1. The first-order valence-corrected chi connectivity index (χ1v) is 10.8. The molecule has 1 amide bonds. The SMILES string of the molecule is COc1ccc(-c2csc(N(CCCN3CCOCC3)C(=O)C3CC3)n2)cc1. The number of aromatic nitrogens is 1. The van der Waals surface area contributed by atoms with E-state index in [0.717, 1.165) is 80.8 Å². The van der Waals surface area contributed by atoms with Crippen LogP contribution >= 0.6 is 11.3 Å². The van der Waals surface area contributed by atoms with E-state index in [1.165, 1.54) is 0 Å². The van der Waals surface area contributed by atoms with Crippen molar-refractivity contribution in [2.24, 2.45) is 5.92 Å². The van der Waals surface area contributed by atoms with E-state index in [-0.39, 0.29) is 11.8 Å². The van der Waals surface area contributed by atoms with Gasteiger partial charge in [-0.1, -0.05) is 0 Å². The highest BCUT2D eigenvalue weighted by Crippen LogP contribution is 2.35. The maximum Gasteiger partial charge on any atom is 0.231 e. The predicted octanol–water partition coefficient (Wildman–Crippen LogP) is 3.28. The zero-order valence-corrected chi connectivity index (χ0v) is 17.1. The number of ether oxygens (including phenoxy) is 2. The number of nitrogens with zero attached hydrogens (tertiary/aromatic N) is 3. The van der Waals surface area contributed by atoms with Crippen LogP contribution in [0.4, 0.5) is 5.13 Å². The van der Waals surface area contributed by atoms with Crippen LogP contribution < -0.4 is 9.64 Å². The summed E-state index contributed by atoms with van der Waals surface area (Å²) in [7, 11) is 1.66. The van der Waals surface area contributed by atoms with E-state index in [4.69, 9.17) is 14.5 Å². The van der Waals surface area contributed by atoms with Crippen molar-refractivity contribution in [3.63, 3.8) is 0 Å². The van der Waals surface area contributed by atoms with E-state index in [1.54, 1.807) is 18.4 Å². The van der Waals surface area contributed by atoms with Crippen LogP contribution in [0.5, 0.6) is 5.75 Å².